The Morgan fingerprint density at radius 1 is 1.05 bits per heavy atom. The number of amides is 1. The first kappa shape index (κ1) is 27.7. The fourth-order valence-corrected chi connectivity index (χ4v) is 6.16. The molecule has 1 amide bonds. The van der Waals surface area contributed by atoms with Crippen LogP contribution in [-0.4, -0.2) is 54.6 Å². The number of aliphatic hydroxyl groups is 3. The Kier molecular flexibility index (Phi) is 6.51. The number of carbonyl (C=O) groups excluding carboxylic acids is 3. The lowest BCUT2D eigenvalue weighted by atomic mass is 9.59. The first-order valence-corrected chi connectivity index (χ1v) is 13.0. The quantitative estimate of drug-likeness (QED) is 0.243. The van der Waals surface area contributed by atoms with Gasteiger partial charge in [-0.05, 0) is 66.1 Å². The normalized spacial score (nSPS) is 23.4. The highest BCUT2D eigenvalue weighted by Crippen LogP contribution is 2.53. The molecule has 1 fully saturated rings. The summed E-state index contributed by atoms with van der Waals surface area (Å²) in [4.78, 5) is 49.2. The highest BCUT2D eigenvalue weighted by Gasteiger charge is 2.60. The van der Waals surface area contributed by atoms with E-state index >= 15 is 0 Å². The third-order valence-electron chi connectivity index (χ3n) is 8.19. The van der Waals surface area contributed by atoms with E-state index in [2.05, 4.69) is 11.8 Å². The van der Waals surface area contributed by atoms with Gasteiger partial charge in [0.15, 0.2) is 11.4 Å². The molecule has 2 aromatic carbocycles. The van der Waals surface area contributed by atoms with Crippen molar-refractivity contribution in [1.82, 2.24) is 0 Å². The molecule has 0 unspecified atom stereocenters. The van der Waals surface area contributed by atoms with Crippen molar-refractivity contribution >= 4 is 29.2 Å². The summed E-state index contributed by atoms with van der Waals surface area (Å²) < 4.78 is 0. The Hall–Kier alpha value is -4.88. The number of aromatic hydroxyl groups is 1. The fourth-order valence-electron chi connectivity index (χ4n) is 6.16. The number of Topliss-reactive ketones (excluding diaryl/α,β-unsaturated/α-hetero) is 2. The molecule has 0 heterocycles. The summed E-state index contributed by atoms with van der Waals surface area (Å²) in [6, 6.07) is 7.54. The standard InChI is InChI=1S/C31H27NO9/c1-13(2)19-10-16(8-5-14-3-6-15(7-4-14)30(39)40)25(34)23-20(19)11-17-9-18-12-21(33)24(29(32)38)28(37)31(18,41)27(36)22(17)26(23)35/h3-4,6-7,10,13,17-18,34-35,37,41H,9,11-12H2,1-2H3,(H2,32,38)(H,39,40)/t17-,18+,31+/m1/s1. The largest absolute Gasteiger partial charge is 0.508 e. The van der Waals surface area contributed by atoms with Crippen LogP contribution in [0.2, 0.25) is 0 Å². The number of carboxylic acid groups (broad SMARTS) is 1. The zero-order valence-corrected chi connectivity index (χ0v) is 22.2. The number of rotatable bonds is 3. The van der Waals surface area contributed by atoms with E-state index in [1.165, 1.54) is 24.3 Å². The molecule has 2 aromatic rings. The topological polar surface area (TPSA) is 195 Å². The number of nitrogens with two attached hydrogens (primary N) is 1. The molecule has 5 rings (SSSR count). The molecule has 3 atom stereocenters. The summed E-state index contributed by atoms with van der Waals surface area (Å²) in [6.45, 7) is 3.84. The van der Waals surface area contributed by atoms with Crippen LogP contribution in [0.15, 0.2) is 47.2 Å². The summed E-state index contributed by atoms with van der Waals surface area (Å²) in [7, 11) is 0. The molecule has 0 bridgehead atoms. The molecule has 0 aromatic heterocycles. The van der Waals surface area contributed by atoms with Gasteiger partial charge in [-0.25, -0.2) is 4.79 Å². The molecule has 0 spiro atoms. The predicted octanol–water partition coefficient (Wildman–Crippen LogP) is 2.65. The number of fused-ring (bicyclic) bond motifs is 3. The third-order valence-corrected chi connectivity index (χ3v) is 8.19. The highest BCUT2D eigenvalue weighted by molar-refractivity contribution is 6.22. The van der Waals surface area contributed by atoms with Crippen LogP contribution in [0.25, 0.3) is 5.76 Å². The van der Waals surface area contributed by atoms with E-state index in [0.29, 0.717) is 11.1 Å². The summed E-state index contributed by atoms with van der Waals surface area (Å²) in [5.74, 6) is -2.30. The first-order chi connectivity index (χ1) is 19.3. The second-order valence-corrected chi connectivity index (χ2v) is 10.9. The van der Waals surface area contributed by atoms with Gasteiger partial charge in [0.1, 0.15) is 22.8 Å². The van der Waals surface area contributed by atoms with Gasteiger partial charge in [-0.2, -0.15) is 0 Å². The molecule has 1 saturated carbocycles. The van der Waals surface area contributed by atoms with Crippen molar-refractivity contribution in [2.24, 2.45) is 17.6 Å². The number of phenolic OH excluding ortho intramolecular Hbond substituents is 1. The van der Waals surface area contributed by atoms with E-state index in [1.54, 1.807) is 6.07 Å². The highest BCUT2D eigenvalue weighted by atomic mass is 16.4. The molecule has 10 nitrogen and oxygen atoms in total. The van der Waals surface area contributed by atoms with Crippen molar-refractivity contribution in [1.29, 1.82) is 0 Å². The van der Waals surface area contributed by atoms with E-state index in [-0.39, 0.29) is 53.2 Å². The van der Waals surface area contributed by atoms with E-state index in [9.17, 15) is 39.6 Å². The Labute approximate surface area is 234 Å². The number of ketones is 2. The third kappa shape index (κ3) is 4.17. The molecule has 3 aliphatic rings. The van der Waals surface area contributed by atoms with Gasteiger partial charge in [-0.3, -0.25) is 14.4 Å². The fraction of sp³-hybridized carbons (Fsp3) is 0.290. The maximum atomic E-state index is 13.7. The van der Waals surface area contributed by atoms with Crippen LogP contribution in [0.4, 0.5) is 0 Å². The number of aromatic carboxylic acids is 1. The smallest absolute Gasteiger partial charge is 0.335 e. The van der Waals surface area contributed by atoms with Gasteiger partial charge in [0, 0.05) is 23.5 Å². The molecular formula is C31H27NO9. The van der Waals surface area contributed by atoms with Crippen LogP contribution < -0.4 is 5.73 Å². The van der Waals surface area contributed by atoms with Crippen molar-refractivity contribution in [3.8, 4) is 17.6 Å². The van der Waals surface area contributed by atoms with E-state index in [4.69, 9.17) is 10.8 Å². The molecule has 7 N–H and O–H groups in total. The van der Waals surface area contributed by atoms with Crippen LogP contribution in [0.5, 0.6) is 5.75 Å². The summed E-state index contributed by atoms with van der Waals surface area (Å²) in [5.41, 5.74) is 3.61. The van der Waals surface area contributed by atoms with Gasteiger partial charge in [0.25, 0.3) is 5.91 Å². The van der Waals surface area contributed by atoms with Crippen molar-refractivity contribution < 1.29 is 44.7 Å². The van der Waals surface area contributed by atoms with Gasteiger partial charge >= 0.3 is 5.97 Å². The minimum atomic E-state index is -2.63. The number of primary amides is 1. The van der Waals surface area contributed by atoms with Crippen molar-refractivity contribution in [2.75, 3.05) is 0 Å². The molecule has 210 valence electrons. The average molecular weight is 558 g/mol. The van der Waals surface area contributed by atoms with Gasteiger partial charge in [-0.1, -0.05) is 25.7 Å². The Morgan fingerprint density at radius 3 is 2.29 bits per heavy atom. The molecule has 0 aliphatic heterocycles. The molecule has 0 saturated heterocycles. The molecule has 41 heavy (non-hydrogen) atoms. The lowest BCUT2D eigenvalue weighted by Gasteiger charge is -2.46. The minimum absolute atomic E-state index is 0.0196. The zero-order valence-electron chi connectivity index (χ0n) is 22.2. The lowest BCUT2D eigenvalue weighted by Crippen LogP contribution is -2.58. The maximum absolute atomic E-state index is 13.7. The second kappa shape index (κ2) is 9.64. The number of carboxylic acids is 1. The first-order valence-electron chi connectivity index (χ1n) is 13.0. The van der Waals surface area contributed by atoms with Gasteiger partial charge in [0.05, 0.1) is 16.7 Å². The van der Waals surface area contributed by atoms with Crippen LogP contribution >= 0.6 is 0 Å². The monoisotopic (exact) mass is 557 g/mol. The van der Waals surface area contributed by atoms with Crippen LogP contribution in [-0.2, 0) is 20.8 Å². The van der Waals surface area contributed by atoms with Gasteiger partial charge < -0.3 is 31.3 Å². The van der Waals surface area contributed by atoms with E-state index < -0.39 is 58.0 Å². The van der Waals surface area contributed by atoms with Crippen LogP contribution in [0.3, 0.4) is 0 Å². The minimum Gasteiger partial charge on any atom is -0.508 e. The summed E-state index contributed by atoms with van der Waals surface area (Å²) >= 11 is 0. The van der Waals surface area contributed by atoms with Gasteiger partial charge in [-0.15, -0.1) is 0 Å². The average Bonchev–Trinajstić information content (AvgIpc) is 2.90. The number of carbonyl (C=O) groups is 4. The van der Waals surface area contributed by atoms with Crippen LogP contribution in [0.1, 0.15) is 70.8 Å². The number of hydrogen-bond donors (Lipinski definition) is 6. The lowest BCUT2D eigenvalue weighted by molar-refractivity contribution is -0.147. The molecule has 0 radical (unpaired) electrons. The summed E-state index contributed by atoms with van der Waals surface area (Å²) in [5, 5.41) is 54.0. The van der Waals surface area contributed by atoms with Crippen molar-refractivity contribution in [3.63, 3.8) is 0 Å². The molecule has 10 heteroatoms. The van der Waals surface area contributed by atoms with Crippen molar-refractivity contribution in [3.05, 3.63) is 80.6 Å². The SMILES string of the molecule is CC(C)c1cc(C#Cc2ccc(C(=O)O)cc2)c(O)c2c1C[C@H]1C[C@H]3CC(=O)C(C(N)=O)=C(O)[C@@]3(O)C(=O)C1=C2O. The maximum Gasteiger partial charge on any atom is 0.335 e. The van der Waals surface area contributed by atoms with Crippen molar-refractivity contribution in [2.45, 2.75) is 44.6 Å². The number of aliphatic hydroxyl groups excluding tert-OH is 2. The summed E-state index contributed by atoms with van der Waals surface area (Å²) in [6.07, 6.45) is -0.124. The van der Waals surface area contributed by atoms with E-state index in [1.807, 2.05) is 13.8 Å². The second-order valence-electron chi connectivity index (χ2n) is 10.9. The molecular weight excluding hydrogens is 530 g/mol. The Balaban J connectivity index is 1.66. The van der Waals surface area contributed by atoms with Crippen LogP contribution in [0, 0.1) is 23.7 Å². The number of phenols is 1. The number of benzene rings is 2. The Morgan fingerprint density at radius 2 is 1.71 bits per heavy atom. The Bertz CT molecular complexity index is 1680. The molecule has 3 aliphatic carbocycles. The van der Waals surface area contributed by atoms with Gasteiger partial charge in [0.2, 0.25) is 5.78 Å². The number of hydrogen-bond acceptors (Lipinski definition) is 8. The van der Waals surface area contributed by atoms with E-state index in [0.717, 1.165) is 5.56 Å². The predicted molar refractivity (Wildman–Crippen MR) is 145 cm³/mol. The zero-order chi connectivity index (χ0) is 30.0.